The molecule has 1 amide bonds. The molecule has 1 unspecified atom stereocenters. The quantitative estimate of drug-likeness (QED) is 0.445. The van der Waals surface area contributed by atoms with E-state index >= 15 is 0 Å². The maximum Gasteiger partial charge on any atom is 0.254 e. The van der Waals surface area contributed by atoms with Crippen LogP contribution in [0, 0.1) is 6.92 Å². The summed E-state index contributed by atoms with van der Waals surface area (Å²) in [5.41, 5.74) is 6.38. The molecule has 3 aromatic carbocycles. The Bertz CT molecular complexity index is 1210. The zero-order valence-electron chi connectivity index (χ0n) is 16.2. The summed E-state index contributed by atoms with van der Waals surface area (Å²) in [7, 11) is 0. The van der Waals surface area contributed by atoms with Gasteiger partial charge in [0.15, 0.2) is 0 Å². The predicted octanol–water partition coefficient (Wildman–Crippen LogP) is 5.92. The van der Waals surface area contributed by atoms with Gasteiger partial charge in [0.2, 0.25) is 0 Å². The minimum Gasteiger partial charge on any atom is -0.356 e. The number of nitrogens with zero attached hydrogens (tertiary/aromatic N) is 1. The number of aryl methyl sites for hydroxylation is 1. The van der Waals surface area contributed by atoms with Crippen LogP contribution in [-0.2, 0) is 6.42 Å². The van der Waals surface area contributed by atoms with Crippen molar-refractivity contribution in [2.24, 2.45) is 0 Å². The van der Waals surface area contributed by atoms with Crippen LogP contribution in [0.2, 0.25) is 5.02 Å². The SMILES string of the molecule is Cc1cccc(C(=O)N2CCc3c([nH]c4ccccc34)C2c2ccc(Cl)cc2)c1. The van der Waals surface area contributed by atoms with Crippen molar-refractivity contribution in [3.63, 3.8) is 0 Å². The molecule has 1 aliphatic heterocycles. The summed E-state index contributed by atoms with van der Waals surface area (Å²) in [4.78, 5) is 19.1. The maximum atomic E-state index is 13.5. The first kappa shape index (κ1) is 18.0. The lowest BCUT2D eigenvalue weighted by molar-refractivity contribution is 0.0692. The highest BCUT2D eigenvalue weighted by Crippen LogP contribution is 2.39. The van der Waals surface area contributed by atoms with Crippen molar-refractivity contribution in [1.82, 2.24) is 9.88 Å². The van der Waals surface area contributed by atoms with Gasteiger partial charge >= 0.3 is 0 Å². The highest BCUT2D eigenvalue weighted by Gasteiger charge is 2.34. The number of nitrogens with one attached hydrogen (secondary N) is 1. The number of carbonyl (C=O) groups excluding carboxylic acids is 1. The van der Waals surface area contributed by atoms with Crippen molar-refractivity contribution >= 4 is 28.4 Å². The van der Waals surface area contributed by atoms with Gasteiger partial charge in [-0.05, 0) is 54.8 Å². The molecule has 144 valence electrons. The van der Waals surface area contributed by atoms with Crippen molar-refractivity contribution in [1.29, 1.82) is 0 Å². The normalized spacial score (nSPS) is 16.1. The first-order valence-electron chi connectivity index (χ1n) is 9.84. The van der Waals surface area contributed by atoms with E-state index < -0.39 is 0 Å². The number of rotatable bonds is 2. The van der Waals surface area contributed by atoms with Crippen LogP contribution in [0.25, 0.3) is 10.9 Å². The van der Waals surface area contributed by atoms with E-state index in [1.807, 2.05) is 66.4 Å². The molecule has 0 aliphatic carbocycles. The number of aromatic nitrogens is 1. The molecule has 1 N–H and O–H groups in total. The molecule has 29 heavy (non-hydrogen) atoms. The lowest BCUT2D eigenvalue weighted by Gasteiger charge is -2.36. The number of para-hydroxylation sites is 1. The molecule has 1 aliphatic rings. The van der Waals surface area contributed by atoms with Crippen LogP contribution in [0.5, 0.6) is 0 Å². The van der Waals surface area contributed by atoms with E-state index in [4.69, 9.17) is 11.6 Å². The Morgan fingerprint density at radius 2 is 1.83 bits per heavy atom. The van der Waals surface area contributed by atoms with Gasteiger partial charge in [-0.15, -0.1) is 0 Å². The number of halogens is 1. The lowest BCUT2D eigenvalue weighted by atomic mass is 9.91. The monoisotopic (exact) mass is 400 g/mol. The van der Waals surface area contributed by atoms with E-state index in [2.05, 4.69) is 23.2 Å². The Morgan fingerprint density at radius 1 is 1.03 bits per heavy atom. The second-order valence-electron chi connectivity index (χ2n) is 7.63. The van der Waals surface area contributed by atoms with Crippen LogP contribution >= 0.6 is 11.6 Å². The van der Waals surface area contributed by atoms with Crippen LogP contribution in [-0.4, -0.2) is 22.3 Å². The molecule has 0 saturated heterocycles. The zero-order valence-corrected chi connectivity index (χ0v) is 16.9. The number of benzene rings is 3. The summed E-state index contributed by atoms with van der Waals surface area (Å²) in [5.74, 6) is 0.0537. The Morgan fingerprint density at radius 3 is 2.62 bits per heavy atom. The van der Waals surface area contributed by atoms with Crippen molar-refractivity contribution in [3.8, 4) is 0 Å². The zero-order chi connectivity index (χ0) is 20.0. The number of fused-ring (bicyclic) bond motifs is 3. The molecule has 1 atom stereocenters. The summed E-state index contributed by atoms with van der Waals surface area (Å²) in [6.45, 7) is 2.69. The lowest BCUT2D eigenvalue weighted by Crippen LogP contribution is -2.40. The minimum absolute atomic E-state index is 0.0537. The summed E-state index contributed by atoms with van der Waals surface area (Å²) < 4.78 is 0. The number of amides is 1. The minimum atomic E-state index is -0.170. The number of hydrogen-bond acceptors (Lipinski definition) is 1. The third kappa shape index (κ3) is 3.12. The number of carbonyl (C=O) groups is 1. The van der Waals surface area contributed by atoms with Crippen molar-refractivity contribution in [3.05, 3.63) is 106 Å². The van der Waals surface area contributed by atoms with Gasteiger partial charge in [-0.25, -0.2) is 0 Å². The van der Waals surface area contributed by atoms with Crippen LogP contribution in [0.15, 0.2) is 72.8 Å². The first-order chi connectivity index (χ1) is 14.1. The second-order valence-corrected chi connectivity index (χ2v) is 8.07. The number of hydrogen-bond donors (Lipinski definition) is 1. The fourth-order valence-electron chi connectivity index (χ4n) is 4.40. The molecular weight excluding hydrogens is 380 g/mol. The Kier molecular flexibility index (Phi) is 4.40. The fraction of sp³-hybridized carbons (Fsp3) is 0.160. The predicted molar refractivity (Wildman–Crippen MR) is 118 cm³/mol. The van der Waals surface area contributed by atoms with Gasteiger partial charge in [0, 0.05) is 33.7 Å². The Hall–Kier alpha value is -3.04. The van der Waals surface area contributed by atoms with Gasteiger partial charge in [-0.3, -0.25) is 4.79 Å². The largest absolute Gasteiger partial charge is 0.356 e. The van der Waals surface area contributed by atoms with Gasteiger partial charge in [-0.1, -0.05) is 59.6 Å². The average molecular weight is 401 g/mol. The van der Waals surface area contributed by atoms with E-state index in [1.54, 1.807) is 0 Å². The summed E-state index contributed by atoms with van der Waals surface area (Å²) in [6, 6.07) is 23.8. The summed E-state index contributed by atoms with van der Waals surface area (Å²) >= 11 is 6.14. The van der Waals surface area contributed by atoms with Gasteiger partial charge in [0.25, 0.3) is 5.91 Å². The number of aromatic amines is 1. The molecule has 4 aromatic rings. The Balaban J connectivity index is 1.66. The number of H-pyrrole nitrogens is 1. The van der Waals surface area contributed by atoms with E-state index in [0.29, 0.717) is 11.6 Å². The van der Waals surface area contributed by atoms with Crippen molar-refractivity contribution in [2.45, 2.75) is 19.4 Å². The summed E-state index contributed by atoms with van der Waals surface area (Å²) in [6.07, 6.45) is 0.834. The fourth-order valence-corrected chi connectivity index (χ4v) is 4.52. The molecule has 5 rings (SSSR count). The van der Waals surface area contributed by atoms with Crippen LogP contribution in [0.1, 0.15) is 38.8 Å². The van der Waals surface area contributed by atoms with Crippen molar-refractivity contribution < 1.29 is 4.79 Å². The molecule has 0 saturated carbocycles. The molecular formula is C25H21ClN2O. The van der Waals surface area contributed by atoms with E-state index in [9.17, 15) is 4.79 Å². The van der Waals surface area contributed by atoms with Crippen LogP contribution in [0.3, 0.4) is 0 Å². The van der Waals surface area contributed by atoms with Crippen LogP contribution < -0.4 is 0 Å². The molecule has 3 nitrogen and oxygen atoms in total. The van der Waals surface area contributed by atoms with E-state index in [-0.39, 0.29) is 11.9 Å². The molecule has 0 spiro atoms. The van der Waals surface area contributed by atoms with E-state index in [0.717, 1.165) is 34.3 Å². The molecule has 1 aromatic heterocycles. The third-order valence-corrected chi connectivity index (χ3v) is 6.00. The topological polar surface area (TPSA) is 36.1 Å². The Labute approximate surface area is 174 Å². The molecule has 2 heterocycles. The average Bonchev–Trinajstić information content (AvgIpc) is 3.12. The van der Waals surface area contributed by atoms with E-state index in [1.165, 1.54) is 10.9 Å². The molecule has 0 bridgehead atoms. The van der Waals surface area contributed by atoms with Gasteiger partial charge < -0.3 is 9.88 Å². The highest BCUT2D eigenvalue weighted by molar-refractivity contribution is 6.30. The molecule has 0 fully saturated rings. The third-order valence-electron chi connectivity index (χ3n) is 5.75. The highest BCUT2D eigenvalue weighted by atomic mass is 35.5. The molecule has 0 radical (unpaired) electrons. The smallest absolute Gasteiger partial charge is 0.254 e. The van der Waals surface area contributed by atoms with Crippen molar-refractivity contribution in [2.75, 3.05) is 6.54 Å². The van der Waals surface area contributed by atoms with Gasteiger partial charge in [-0.2, -0.15) is 0 Å². The first-order valence-corrected chi connectivity index (χ1v) is 10.2. The molecule has 4 heteroatoms. The van der Waals surface area contributed by atoms with Gasteiger partial charge in [0.05, 0.1) is 6.04 Å². The maximum absolute atomic E-state index is 13.5. The summed E-state index contributed by atoms with van der Waals surface area (Å²) in [5, 5.41) is 1.93. The standard InChI is InChI=1S/C25H21ClN2O/c1-16-5-4-6-18(15-16)25(29)28-14-13-21-20-7-2-3-8-22(20)27-23(21)24(28)17-9-11-19(26)12-10-17/h2-12,15,24,27H,13-14H2,1H3. The second kappa shape index (κ2) is 7.09. The van der Waals surface area contributed by atoms with Crippen LogP contribution in [0.4, 0.5) is 0 Å². The van der Waals surface area contributed by atoms with Gasteiger partial charge in [0.1, 0.15) is 0 Å².